The molecule has 0 spiro atoms. The van der Waals surface area contributed by atoms with Gasteiger partial charge in [0, 0.05) is 26.7 Å². The highest BCUT2D eigenvalue weighted by Gasteiger charge is 2.14. The molecule has 118 valence electrons. The number of rotatable bonds is 8. The van der Waals surface area contributed by atoms with Gasteiger partial charge in [-0.15, -0.1) is 0 Å². The van der Waals surface area contributed by atoms with Crippen molar-refractivity contribution >= 4 is 16.7 Å². The summed E-state index contributed by atoms with van der Waals surface area (Å²) in [5.74, 6) is -0.0904. The number of hydrogen-bond acceptors (Lipinski definition) is 3. The fourth-order valence-electron chi connectivity index (χ4n) is 2.35. The third-order valence-corrected chi connectivity index (χ3v) is 3.75. The van der Waals surface area contributed by atoms with Gasteiger partial charge in [-0.3, -0.25) is 4.79 Å². The Morgan fingerprint density at radius 2 is 1.86 bits per heavy atom. The third kappa shape index (κ3) is 4.55. The van der Waals surface area contributed by atoms with Gasteiger partial charge in [-0.2, -0.15) is 0 Å². The van der Waals surface area contributed by atoms with E-state index in [4.69, 9.17) is 4.74 Å². The van der Waals surface area contributed by atoms with E-state index in [1.807, 2.05) is 25.1 Å². The lowest BCUT2D eigenvalue weighted by Crippen LogP contribution is -2.35. The quantitative estimate of drug-likeness (QED) is 0.736. The first-order chi connectivity index (χ1) is 10.7. The minimum absolute atomic E-state index is 0.0591. The van der Waals surface area contributed by atoms with Crippen molar-refractivity contribution in [1.82, 2.24) is 10.6 Å². The fraction of sp³-hybridized carbons (Fsp3) is 0.389. The number of methoxy groups -OCH3 is 1. The van der Waals surface area contributed by atoms with Crippen molar-refractivity contribution in [2.75, 3.05) is 33.4 Å². The summed E-state index contributed by atoms with van der Waals surface area (Å²) in [4.78, 5) is 12.2. The molecule has 4 heteroatoms. The Bertz CT molecular complexity index is 613. The highest BCUT2D eigenvalue weighted by Crippen LogP contribution is 2.21. The molecular weight excluding hydrogens is 276 g/mol. The van der Waals surface area contributed by atoms with Crippen molar-refractivity contribution in [2.45, 2.75) is 12.8 Å². The molecule has 2 N–H and O–H groups in total. The second kappa shape index (κ2) is 8.51. The maximum absolute atomic E-state index is 12.2. The summed E-state index contributed by atoms with van der Waals surface area (Å²) in [6, 6.07) is 14.4. The third-order valence-electron chi connectivity index (χ3n) is 3.75. The molecule has 0 aromatic heterocycles. The van der Waals surface area contributed by atoms with E-state index < -0.39 is 0 Å². The number of hydrogen-bond donors (Lipinski definition) is 2. The van der Waals surface area contributed by atoms with E-state index in [1.54, 1.807) is 7.11 Å². The molecule has 0 saturated heterocycles. The van der Waals surface area contributed by atoms with Gasteiger partial charge in [-0.05, 0) is 23.3 Å². The van der Waals surface area contributed by atoms with Gasteiger partial charge in [0.1, 0.15) is 0 Å². The van der Waals surface area contributed by atoms with E-state index in [0.717, 1.165) is 18.7 Å². The van der Waals surface area contributed by atoms with Crippen LogP contribution in [0.5, 0.6) is 0 Å². The zero-order valence-corrected chi connectivity index (χ0v) is 13.3. The van der Waals surface area contributed by atoms with E-state index >= 15 is 0 Å². The summed E-state index contributed by atoms with van der Waals surface area (Å²) in [5, 5.41) is 8.53. The van der Waals surface area contributed by atoms with Gasteiger partial charge in [0.15, 0.2) is 0 Å². The second-order valence-corrected chi connectivity index (χ2v) is 5.36. The summed E-state index contributed by atoms with van der Waals surface area (Å²) in [5.41, 5.74) is 1.04. The average molecular weight is 300 g/mol. The smallest absolute Gasteiger partial charge is 0.227 e. The molecule has 0 aliphatic carbocycles. The van der Waals surface area contributed by atoms with Crippen molar-refractivity contribution < 1.29 is 9.53 Å². The fourth-order valence-corrected chi connectivity index (χ4v) is 2.35. The van der Waals surface area contributed by atoms with Crippen LogP contribution in [-0.4, -0.2) is 39.3 Å². The van der Waals surface area contributed by atoms with Crippen LogP contribution in [0.25, 0.3) is 10.8 Å². The Hall–Kier alpha value is -1.91. The van der Waals surface area contributed by atoms with Crippen molar-refractivity contribution in [3.05, 3.63) is 48.0 Å². The normalized spacial score (nSPS) is 12.3. The highest BCUT2D eigenvalue weighted by molar-refractivity contribution is 5.87. The Balaban J connectivity index is 1.86. The van der Waals surface area contributed by atoms with Crippen molar-refractivity contribution in [2.24, 2.45) is 0 Å². The van der Waals surface area contributed by atoms with Crippen LogP contribution < -0.4 is 10.6 Å². The number of amides is 1. The summed E-state index contributed by atoms with van der Waals surface area (Å²) < 4.78 is 4.95. The molecule has 1 unspecified atom stereocenters. The standard InChI is InChI=1S/C18H24N2O2/c1-14(18(21)20-10-9-19-11-12-22-2)16-8-7-15-5-3-4-6-17(15)13-16/h3-8,13-14,19H,9-12H2,1-2H3,(H,20,21). The molecular formula is C18H24N2O2. The van der Waals surface area contributed by atoms with Gasteiger partial charge in [-0.1, -0.05) is 42.5 Å². The predicted octanol–water partition coefficient (Wildman–Crippen LogP) is 2.30. The van der Waals surface area contributed by atoms with E-state index in [2.05, 4.69) is 34.9 Å². The Morgan fingerprint density at radius 1 is 1.09 bits per heavy atom. The molecule has 2 rings (SSSR count). The number of carbonyl (C=O) groups is 1. The number of carbonyl (C=O) groups excluding carboxylic acids is 1. The first-order valence-corrected chi connectivity index (χ1v) is 7.68. The molecule has 0 radical (unpaired) electrons. The zero-order chi connectivity index (χ0) is 15.8. The second-order valence-electron chi connectivity index (χ2n) is 5.36. The Kier molecular flexibility index (Phi) is 6.37. The van der Waals surface area contributed by atoms with Gasteiger partial charge in [0.2, 0.25) is 5.91 Å². The molecule has 0 saturated carbocycles. The van der Waals surface area contributed by atoms with E-state index in [0.29, 0.717) is 13.2 Å². The van der Waals surface area contributed by atoms with Gasteiger partial charge >= 0.3 is 0 Å². The van der Waals surface area contributed by atoms with Gasteiger partial charge in [-0.25, -0.2) is 0 Å². The van der Waals surface area contributed by atoms with Crippen molar-refractivity contribution in [1.29, 1.82) is 0 Å². The molecule has 4 nitrogen and oxygen atoms in total. The minimum Gasteiger partial charge on any atom is -0.383 e. The topological polar surface area (TPSA) is 50.4 Å². The SMILES string of the molecule is COCCNCCNC(=O)C(C)c1ccc2ccccc2c1. The van der Waals surface area contributed by atoms with E-state index in [9.17, 15) is 4.79 Å². The molecule has 0 fully saturated rings. The molecule has 0 aliphatic heterocycles. The number of ether oxygens (including phenoxy) is 1. The summed E-state index contributed by atoms with van der Waals surface area (Å²) in [7, 11) is 1.68. The van der Waals surface area contributed by atoms with Crippen molar-refractivity contribution in [3.8, 4) is 0 Å². The van der Waals surface area contributed by atoms with Crippen LogP contribution in [0, 0.1) is 0 Å². The Morgan fingerprint density at radius 3 is 2.64 bits per heavy atom. The number of nitrogens with one attached hydrogen (secondary N) is 2. The molecule has 2 aromatic rings. The van der Waals surface area contributed by atoms with Crippen molar-refractivity contribution in [3.63, 3.8) is 0 Å². The van der Waals surface area contributed by atoms with Gasteiger partial charge in [0.25, 0.3) is 0 Å². The first kappa shape index (κ1) is 16.5. The van der Waals surface area contributed by atoms with Crippen LogP contribution in [0.1, 0.15) is 18.4 Å². The van der Waals surface area contributed by atoms with Crippen LogP contribution in [0.2, 0.25) is 0 Å². The van der Waals surface area contributed by atoms with Crippen LogP contribution in [0.4, 0.5) is 0 Å². The summed E-state index contributed by atoms with van der Waals surface area (Å²) >= 11 is 0. The van der Waals surface area contributed by atoms with E-state index in [1.165, 1.54) is 10.8 Å². The molecule has 0 heterocycles. The maximum Gasteiger partial charge on any atom is 0.227 e. The molecule has 2 aromatic carbocycles. The minimum atomic E-state index is -0.149. The lowest BCUT2D eigenvalue weighted by Gasteiger charge is -2.13. The summed E-state index contributed by atoms with van der Waals surface area (Å²) in [6.07, 6.45) is 0. The largest absolute Gasteiger partial charge is 0.383 e. The summed E-state index contributed by atoms with van der Waals surface area (Å²) in [6.45, 7) is 4.80. The molecule has 22 heavy (non-hydrogen) atoms. The first-order valence-electron chi connectivity index (χ1n) is 7.68. The predicted molar refractivity (Wildman–Crippen MR) is 90.1 cm³/mol. The maximum atomic E-state index is 12.2. The average Bonchev–Trinajstić information content (AvgIpc) is 2.56. The monoisotopic (exact) mass is 300 g/mol. The van der Waals surface area contributed by atoms with Crippen LogP contribution >= 0.6 is 0 Å². The van der Waals surface area contributed by atoms with Crippen LogP contribution in [0.3, 0.4) is 0 Å². The van der Waals surface area contributed by atoms with E-state index in [-0.39, 0.29) is 11.8 Å². The molecule has 0 aliphatic rings. The Labute approximate surface area is 131 Å². The highest BCUT2D eigenvalue weighted by atomic mass is 16.5. The van der Waals surface area contributed by atoms with Crippen LogP contribution in [-0.2, 0) is 9.53 Å². The van der Waals surface area contributed by atoms with Gasteiger partial charge in [0.05, 0.1) is 12.5 Å². The molecule has 1 amide bonds. The molecule has 0 bridgehead atoms. The number of fused-ring (bicyclic) bond motifs is 1. The van der Waals surface area contributed by atoms with Crippen LogP contribution in [0.15, 0.2) is 42.5 Å². The number of benzene rings is 2. The van der Waals surface area contributed by atoms with Gasteiger partial charge < -0.3 is 15.4 Å². The zero-order valence-electron chi connectivity index (χ0n) is 13.3. The lowest BCUT2D eigenvalue weighted by atomic mass is 9.97. The lowest BCUT2D eigenvalue weighted by molar-refractivity contribution is -0.122. The molecule has 1 atom stereocenters.